The molecule has 0 saturated heterocycles. The third-order valence-electron chi connectivity index (χ3n) is 3.89. The van der Waals surface area contributed by atoms with E-state index in [1.807, 2.05) is 0 Å². The van der Waals surface area contributed by atoms with Crippen molar-refractivity contribution in [2.75, 3.05) is 0 Å². The number of benzene rings is 1. The normalized spacial score (nSPS) is 18.1. The lowest BCUT2D eigenvalue weighted by Crippen LogP contribution is -2.27. The number of nitrogens with two attached hydrogens (primary N) is 1. The number of aryl methyl sites for hydroxylation is 2. The van der Waals surface area contributed by atoms with Gasteiger partial charge in [0.25, 0.3) is 0 Å². The first-order valence-corrected chi connectivity index (χ1v) is 7.23. The molecule has 104 valence electrons. The van der Waals surface area contributed by atoms with Crippen molar-refractivity contribution < 1.29 is 9.90 Å². The number of carboxylic acids is 1. The van der Waals surface area contributed by atoms with E-state index in [2.05, 4.69) is 18.2 Å². The quantitative estimate of drug-likeness (QED) is 0.774. The van der Waals surface area contributed by atoms with Gasteiger partial charge in [-0.3, -0.25) is 4.79 Å². The molecule has 0 unspecified atom stereocenters. The average molecular weight is 261 g/mol. The van der Waals surface area contributed by atoms with E-state index >= 15 is 0 Å². The molecule has 0 radical (unpaired) electrons. The lowest BCUT2D eigenvalue weighted by Gasteiger charge is -2.22. The van der Waals surface area contributed by atoms with Gasteiger partial charge in [0.05, 0.1) is 0 Å². The second kappa shape index (κ2) is 6.71. The van der Waals surface area contributed by atoms with Crippen LogP contribution in [0.5, 0.6) is 0 Å². The Bertz CT molecular complexity index is 442. The molecule has 0 fully saturated rings. The van der Waals surface area contributed by atoms with Gasteiger partial charge in [-0.15, -0.1) is 0 Å². The van der Waals surface area contributed by atoms with Gasteiger partial charge in [-0.2, -0.15) is 0 Å². The van der Waals surface area contributed by atoms with Gasteiger partial charge >= 0.3 is 5.97 Å². The summed E-state index contributed by atoms with van der Waals surface area (Å²) in [6.07, 6.45) is 7.38. The molecule has 0 aliphatic heterocycles. The van der Waals surface area contributed by atoms with Crippen LogP contribution in [0.25, 0.3) is 0 Å². The Morgan fingerprint density at radius 2 is 2.11 bits per heavy atom. The van der Waals surface area contributed by atoms with E-state index < -0.39 is 5.97 Å². The fourth-order valence-electron chi connectivity index (χ4n) is 2.78. The zero-order valence-corrected chi connectivity index (χ0v) is 11.4. The van der Waals surface area contributed by atoms with Gasteiger partial charge in [-0.05, 0) is 55.2 Å². The number of hydrogen-bond donors (Lipinski definition) is 2. The maximum atomic E-state index is 10.4. The third kappa shape index (κ3) is 4.35. The van der Waals surface area contributed by atoms with Gasteiger partial charge in [0.2, 0.25) is 0 Å². The van der Waals surface area contributed by atoms with Gasteiger partial charge in [-0.1, -0.05) is 24.6 Å². The van der Waals surface area contributed by atoms with Crippen molar-refractivity contribution in [2.45, 2.75) is 57.4 Å². The van der Waals surface area contributed by atoms with Gasteiger partial charge in [0.1, 0.15) is 0 Å². The SMILES string of the molecule is N[C@H]1CCc2ccc(CCCCCC(=O)O)cc2C1. The first-order valence-electron chi connectivity index (χ1n) is 7.23. The number of fused-ring (bicyclic) bond motifs is 1. The molecule has 3 nitrogen and oxygen atoms in total. The number of rotatable bonds is 6. The largest absolute Gasteiger partial charge is 0.481 e. The Balaban J connectivity index is 1.81. The summed E-state index contributed by atoms with van der Waals surface area (Å²) < 4.78 is 0. The maximum absolute atomic E-state index is 10.4. The van der Waals surface area contributed by atoms with Crippen molar-refractivity contribution >= 4 is 5.97 Å². The molecule has 0 aromatic heterocycles. The molecule has 0 heterocycles. The maximum Gasteiger partial charge on any atom is 0.303 e. The van der Waals surface area contributed by atoms with E-state index in [1.54, 1.807) is 0 Å². The van der Waals surface area contributed by atoms with Gasteiger partial charge in [0.15, 0.2) is 0 Å². The van der Waals surface area contributed by atoms with Crippen LogP contribution >= 0.6 is 0 Å². The molecule has 0 amide bonds. The number of hydrogen-bond acceptors (Lipinski definition) is 2. The highest BCUT2D eigenvalue weighted by Gasteiger charge is 2.15. The number of carboxylic acid groups (broad SMARTS) is 1. The van der Waals surface area contributed by atoms with E-state index in [-0.39, 0.29) is 0 Å². The zero-order valence-electron chi connectivity index (χ0n) is 11.4. The van der Waals surface area contributed by atoms with Crippen LogP contribution in [0, 0.1) is 0 Å². The fraction of sp³-hybridized carbons (Fsp3) is 0.562. The number of aliphatic carboxylic acids is 1. The van der Waals surface area contributed by atoms with Crippen LogP contribution in [0.1, 0.15) is 48.8 Å². The van der Waals surface area contributed by atoms with Crippen LogP contribution in [0.2, 0.25) is 0 Å². The predicted molar refractivity (Wildman–Crippen MR) is 76.3 cm³/mol. The van der Waals surface area contributed by atoms with Crippen LogP contribution in [0.15, 0.2) is 18.2 Å². The molecular formula is C16H23NO2. The summed E-state index contributed by atoms with van der Waals surface area (Å²) in [5.41, 5.74) is 10.2. The summed E-state index contributed by atoms with van der Waals surface area (Å²) in [6.45, 7) is 0. The Labute approximate surface area is 114 Å². The minimum Gasteiger partial charge on any atom is -0.481 e. The first-order chi connectivity index (χ1) is 9.15. The van der Waals surface area contributed by atoms with Gasteiger partial charge in [-0.25, -0.2) is 0 Å². The van der Waals surface area contributed by atoms with Crippen LogP contribution in [0.3, 0.4) is 0 Å². The highest BCUT2D eigenvalue weighted by Crippen LogP contribution is 2.22. The molecule has 0 saturated carbocycles. The highest BCUT2D eigenvalue weighted by molar-refractivity contribution is 5.66. The van der Waals surface area contributed by atoms with Gasteiger partial charge < -0.3 is 10.8 Å². The van der Waals surface area contributed by atoms with Crippen molar-refractivity contribution in [3.63, 3.8) is 0 Å². The summed E-state index contributed by atoms with van der Waals surface area (Å²) in [7, 11) is 0. The Hall–Kier alpha value is -1.35. The zero-order chi connectivity index (χ0) is 13.7. The minimum atomic E-state index is -0.692. The van der Waals surface area contributed by atoms with Gasteiger partial charge in [0, 0.05) is 12.5 Å². The molecule has 0 bridgehead atoms. The molecule has 3 N–H and O–H groups in total. The molecule has 2 rings (SSSR count). The molecule has 0 spiro atoms. The lowest BCUT2D eigenvalue weighted by molar-refractivity contribution is -0.137. The number of unbranched alkanes of at least 4 members (excludes halogenated alkanes) is 2. The van der Waals surface area contributed by atoms with Crippen LogP contribution in [-0.2, 0) is 24.1 Å². The topological polar surface area (TPSA) is 63.3 Å². The Kier molecular flexibility index (Phi) is 4.97. The van der Waals surface area contributed by atoms with E-state index in [0.29, 0.717) is 12.5 Å². The summed E-state index contributed by atoms with van der Waals surface area (Å²) >= 11 is 0. The fourth-order valence-corrected chi connectivity index (χ4v) is 2.78. The van der Waals surface area contributed by atoms with E-state index in [9.17, 15) is 4.79 Å². The Morgan fingerprint density at radius 1 is 1.26 bits per heavy atom. The van der Waals surface area contributed by atoms with E-state index in [4.69, 9.17) is 10.8 Å². The predicted octanol–water partition coefficient (Wildman–Crippen LogP) is 2.69. The summed E-state index contributed by atoms with van der Waals surface area (Å²) in [6, 6.07) is 7.07. The lowest BCUT2D eigenvalue weighted by atomic mass is 9.87. The van der Waals surface area contributed by atoms with Crippen molar-refractivity contribution in [3.8, 4) is 0 Å². The van der Waals surface area contributed by atoms with Crippen molar-refractivity contribution in [1.29, 1.82) is 0 Å². The van der Waals surface area contributed by atoms with E-state index in [1.165, 1.54) is 16.7 Å². The Morgan fingerprint density at radius 3 is 2.89 bits per heavy atom. The van der Waals surface area contributed by atoms with Crippen LogP contribution < -0.4 is 5.73 Å². The summed E-state index contributed by atoms with van der Waals surface area (Å²) in [4.78, 5) is 10.4. The summed E-state index contributed by atoms with van der Waals surface area (Å²) in [5.74, 6) is -0.692. The highest BCUT2D eigenvalue weighted by atomic mass is 16.4. The van der Waals surface area contributed by atoms with Crippen molar-refractivity contribution in [1.82, 2.24) is 0 Å². The molecule has 19 heavy (non-hydrogen) atoms. The molecule has 1 aromatic rings. The monoisotopic (exact) mass is 261 g/mol. The second-order valence-corrected chi connectivity index (χ2v) is 5.56. The molecule has 1 aromatic carbocycles. The summed E-state index contributed by atoms with van der Waals surface area (Å²) in [5, 5.41) is 8.58. The smallest absolute Gasteiger partial charge is 0.303 e. The number of carbonyl (C=O) groups is 1. The third-order valence-corrected chi connectivity index (χ3v) is 3.89. The first kappa shape index (κ1) is 14.1. The molecular weight excluding hydrogens is 238 g/mol. The van der Waals surface area contributed by atoms with Crippen molar-refractivity contribution in [2.24, 2.45) is 5.73 Å². The van der Waals surface area contributed by atoms with Crippen molar-refractivity contribution in [3.05, 3.63) is 34.9 Å². The minimum absolute atomic E-state index is 0.291. The molecule has 1 aliphatic carbocycles. The average Bonchev–Trinajstić information content (AvgIpc) is 2.37. The van der Waals surface area contributed by atoms with Crippen LogP contribution in [-0.4, -0.2) is 17.1 Å². The molecule has 1 atom stereocenters. The van der Waals surface area contributed by atoms with E-state index in [0.717, 1.165) is 44.9 Å². The molecule has 3 heteroatoms. The molecule has 1 aliphatic rings. The van der Waals surface area contributed by atoms with Crippen LogP contribution in [0.4, 0.5) is 0 Å². The second-order valence-electron chi connectivity index (χ2n) is 5.56. The standard InChI is InChI=1S/C16H23NO2/c17-15-9-8-13-7-6-12(10-14(13)11-15)4-2-1-3-5-16(18)19/h6-7,10,15H,1-5,8-9,11,17H2,(H,18,19)/t15-/m0/s1.